The van der Waals surface area contributed by atoms with E-state index in [1.165, 1.54) is 5.56 Å². The number of hydrogen-bond donors (Lipinski definition) is 1. The first-order chi connectivity index (χ1) is 6.36. The molecule has 0 unspecified atom stereocenters. The van der Waals surface area contributed by atoms with Gasteiger partial charge in [-0.3, -0.25) is 0 Å². The van der Waals surface area contributed by atoms with Crippen molar-refractivity contribution in [1.29, 1.82) is 0 Å². The number of benzene rings is 1. The van der Waals surface area contributed by atoms with Gasteiger partial charge in [0.05, 0.1) is 0 Å². The van der Waals surface area contributed by atoms with Crippen LogP contribution < -0.4 is 5.73 Å². The molecule has 0 aliphatic carbocycles. The van der Waals surface area contributed by atoms with Gasteiger partial charge in [-0.05, 0) is 30.9 Å². The van der Waals surface area contributed by atoms with Gasteiger partial charge < -0.3 is 5.73 Å². The zero-order chi connectivity index (χ0) is 9.52. The Balaban J connectivity index is 2.51. The van der Waals surface area contributed by atoms with Crippen molar-refractivity contribution in [3.63, 3.8) is 0 Å². The molecule has 70 valence electrons. The molecule has 0 saturated heterocycles. The highest BCUT2D eigenvalue weighted by Gasteiger charge is 2.04. The number of nitrogens with two attached hydrogens (primary N) is 1. The summed E-state index contributed by atoms with van der Waals surface area (Å²) in [7, 11) is 0. The average Bonchev–Trinajstić information content (AvgIpc) is 2.19. The standard InChI is InChI=1S/C12H17N/c1-2-6-12(10-13)9-11-7-4-3-5-8-11/h2-5,7-8,12H,1,6,9-10,13H2/t12-/m0/s1. The highest BCUT2D eigenvalue weighted by Crippen LogP contribution is 2.11. The molecule has 0 spiro atoms. The van der Waals surface area contributed by atoms with Gasteiger partial charge in [-0.2, -0.15) is 0 Å². The molecule has 1 nitrogen and oxygen atoms in total. The molecule has 0 heterocycles. The van der Waals surface area contributed by atoms with E-state index in [0.29, 0.717) is 5.92 Å². The van der Waals surface area contributed by atoms with E-state index >= 15 is 0 Å². The van der Waals surface area contributed by atoms with Gasteiger partial charge in [0.2, 0.25) is 0 Å². The van der Waals surface area contributed by atoms with E-state index in [1.54, 1.807) is 0 Å². The molecule has 0 aliphatic rings. The van der Waals surface area contributed by atoms with Crippen LogP contribution in [0, 0.1) is 5.92 Å². The van der Waals surface area contributed by atoms with Gasteiger partial charge in [0.1, 0.15) is 0 Å². The van der Waals surface area contributed by atoms with Crippen LogP contribution in [0.4, 0.5) is 0 Å². The fraction of sp³-hybridized carbons (Fsp3) is 0.333. The Hall–Kier alpha value is -1.08. The van der Waals surface area contributed by atoms with Crippen molar-refractivity contribution in [2.45, 2.75) is 12.8 Å². The summed E-state index contributed by atoms with van der Waals surface area (Å²) < 4.78 is 0. The molecule has 0 fully saturated rings. The Morgan fingerprint density at radius 3 is 2.54 bits per heavy atom. The predicted octanol–water partition coefficient (Wildman–Crippen LogP) is 2.38. The molecular weight excluding hydrogens is 158 g/mol. The molecular formula is C12H17N. The minimum atomic E-state index is 0.542. The smallest absolute Gasteiger partial charge is 0.00427 e. The largest absolute Gasteiger partial charge is 0.330 e. The van der Waals surface area contributed by atoms with Crippen molar-refractivity contribution >= 4 is 0 Å². The first kappa shape index (κ1) is 10.0. The van der Waals surface area contributed by atoms with Crippen LogP contribution in [0.1, 0.15) is 12.0 Å². The van der Waals surface area contributed by atoms with E-state index in [1.807, 2.05) is 12.1 Å². The topological polar surface area (TPSA) is 26.0 Å². The van der Waals surface area contributed by atoms with Crippen LogP contribution in [0.2, 0.25) is 0 Å². The summed E-state index contributed by atoms with van der Waals surface area (Å²) in [5.74, 6) is 0.542. The fourth-order valence-corrected chi connectivity index (χ4v) is 1.45. The summed E-state index contributed by atoms with van der Waals surface area (Å²) in [6, 6.07) is 10.5. The SMILES string of the molecule is C=CC[C@H](CN)Cc1ccccc1. The molecule has 2 N–H and O–H groups in total. The van der Waals surface area contributed by atoms with Gasteiger partial charge in [-0.1, -0.05) is 36.4 Å². The van der Waals surface area contributed by atoms with Gasteiger partial charge in [-0.15, -0.1) is 6.58 Å². The van der Waals surface area contributed by atoms with Crippen molar-refractivity contribution in [3.05, 3.63) is 48.6 Å². The summed E-state index contributed by atoms with van der Waals surface area (Å²) in [4.78, 5) is 0. The van der Waals surface area contributed by atoms with E-state index in [2.05, 4.69) is 30.8 Å². The van der Waals surface area contributed by atoms with Gasteiger partial charge in [-0.25, -0.2) is 0 Å². The lowest BCUT2D eigenvalue weighted by molar-refractivity contribution is 0.544. The highest BCUT2D eigenvalue weighted by atomic mass is 14.5. The molecule has 0 amide bonds. The Labute approximate surface area is 80.3 Å². The maximum absolute atomic E-state index is 5.66. The van der Waals surface area contributed by atoms with E-state index in [4.69, 9.17) is 5.73 Å². The average molecular weight is 175 g/mol. The third kappa shape index (κ3) is 3.43. The lowest BCUT2D eigenvalue weighted by Crippen LogP contribution is -2.16. The minimum absolute atomic E-state index is 0.542. The van der Waals surface area contributed by atoms with Crippen LogP contribution in [-0.2, 0) is 6.42 Å². The fourth-order valence-electron chi connectivity index (χ4n) is 1.45. The maximum Gasteiger partial charge on any atom is -0.00427 e. The second kappa shape index (κ2) is 5.55. The van der Waals surface area contributed by atoms with Gasteiger partial charge in [0, 0.05) is 0 Å². The first-order valence-corrected chi connectivity index (χ1v) is 4.71. The summed E-state index contributed by atoms with van der Waals surface area (Å²) in [5.41, 5.74) is 7.02. The van der Waals surface area contributed by atoms with E-state index < -0.39 is 0 Å². The number of hydrogen-bond acceptors (Lipinski definition) is 1. The molecule has 1 heteroatoms. The molecule has 13 heavy (non-hydrogen) atoms. The maximum atomic E-state index is 5.66. The van der Waals surface area contributed by atoms with Crippen LogP contribution in [0.3, 0.4) is 0 Å². The van der Waals surface area contributed by atoms with Gasteiger partial charge in [0.25, 0.3) is 0 Å². The first-order valence-electron chi connectivity index (χ1n) is 4.71. The highest BCUT2D eigenvalue weighted by molar-refractivity contribution is 5.15. The lowest BCUT2D eigenvalue weighted by Gasteiger charge is -2.11. The summed E-state index contributed by atoms with van der Waals surface area (Å²) >= 11 is 0. The molecule has 1 aromatic carbocycles. The zero-order valence-corrected chi connectivity index (χ0v) is 7.95. The normalized spacial score (nSPS) is 12.4. The molecule has 0 aliphatic heterocycles. The second-order valence-corrected chi connectivity index (χ2v) is 3.32. The van der Waals surface area contributed by atoms with E-state index in [0.717, 1.165) is 19.4 Å². The minimum Gasteiger partial charge on any atom is -0.330 e. The van der Waals surface area contributed by atoms with Crippen LogP contribution in [-0.4, -0.2) is 6.54 Å². The lowest BCUT2D eigenvalue weighted by atomic mass is 9.96. The Morgan fingerprint density at radius 2 is 2.00 bits per heavy atom. The number of allylic oxidation sites excluding steroid dienone is 1. The van der Waals surface area contributed by atoms with Crippen molar-refractivity contribution < 1.29 is 0 Å². The van der Waals surface area contributed by atoms with Crippen LogP contribution >= 0.6 is 0 Å². The molecule has 1 aromatic rings. The molecule has 0 radical (unpaired) electrons. The van der Waals surface area contributed by atoms with E-state index in [9.17, 15) is 0 Å². The predicted molar refractivity (Wildman–Crippen MR) is 57.5 cm³/mol. The summed E-state index contributed by atoms with van der Waals surface area (Å²) in [6.45, 7) is 4.47. The van der Waals surface area contributed by atoms with Gasteiger partial charge in [0.15, 0.2) is 0 Å². The van der Waals surface area contributed by atoms with Crippen molar-refractivity contribution in [2.75, 3.05) is 6.54 Å². The quantitative estimate of drug-likeness (QED) is 0.683. The van der Waals surface area contributed by atoms with Gasteiger partial charge >= 0.3 is 0 Å². The molecule has 1 rings (SSSR count). The molecule has 0 saturated carbocycles. The summed E-state index contributed by atoms with van der Waals surface area (Å²) in [6.07, 6.45) is 4.01. The van der Waals surface area contributed by atoms with Crippen LogP contribution in [0.25, 0.3) is 0 Å². The third-order valence-electron chi connectivity index (χ3n) is 2.20. The van der Waals surface area contributed by atoms with Crippen LogP contribution in [0.15, 0.2) is 43.0 Å². The molecule has 0 bridgehead atoms. The second-order valence-electron chi connectivity index (χ2n) is 3.32. The van der Waals surface area contributed by atoms with Crippen molar-refractivity contribution in [1.82, 2.24) is 0 Å². The zero-order valence-electron chi connectivity index (χ0n) is 7.95. The Kier molecular flexibility index (Phi) is 4.27. The van der Waals surface area contributed by atoms with Crippen LogP contribution in [0.5, 0.6) is 0 Å². The number of rotatable bonds is 5. The Bertz CT molecular complexity index is 241. The monoisotopic (exact) mass is 175 g/mol. The summed E-state index contributed by atoms with van der Waals surface area (Å²) in [5, 5.41) is 0. The Morgan fingerprint density at radius 1 is 1.31 bits per heavy atom. The third-order valence-corrected chi connectivity index (χ3v) is 2.20. The molecule has 0 aromatic heterocycles. The van der Waals surface area contributed by atoms with Crippen molar-refractivity contribution in [2.24, 2.45) is 11.7 Å². The van der Waals surface area contributed by atoms with Crippen molar-refractivity contribution in [3.8, 4) is 0 Å². The van der Waals surface area contributed by atoms with E-state index in [-0.39, 0.29) is 0 Å². The molecule has 1 atom stereocenters.